The van der Waals surface area contributed by atoms with Crippen LogP contribution in [0.5, 0.6) is 5.88 Å². The Morgan fingerprint density at radius 3 is 2.85 bits per heavy atom. The summed E-state index contributed by atoms with van der Waals surface area (Å²) in [6, 6.07) is 2.74. The zero-order valence-electron chi connectivity index (χ0n) is 10.8. The van der Waals surface area contributed by atoms with E-state index < -0.39 is 18.7 Å². The first kappa shape index (κ1) is 16.2. The maximum absolute atomic E-state index is 12.1. The average molecular weight is 292 g/mol. The second-order valence-corrected chi connectivity index (χ2v) is 4.26. The van der Waals surface area contributed by atoms with Crippen molar-refractivity contribution in [3.8, 4) is 5.88 Å². The van der Waals surface area contributed by atoms with Gasteiger partial charge in [0.25, 0.3) is 5.91 Å². The highest BCUT2D eigenvalue weighted by Crippen LogP contribution is 2.19. The summed E-state index contributed by atoms with van der Waals surface area (Å²) in [6.45, 7) is 0.287. The molecule has 0 aliphatic rings. The molecule has 0 spiro atoms. The van der Waals surface area contributed by atoms with Crippen molar-refractivity contribution in [2.75, 3.05) is 19.8 Å². The fourth-order valence-corrected chi connectivity index (χ4v) is 1.26. The molecule has 1 aromatic rings. The summed E-state index contributed by atoms with van der Waals surface area (Å²) in [5.74, 6) is -1.13. The minimum Gasteiger partial charge on any atom is -0.467 e. The van der Waals surface area contributed by atoms with E-state index in [1.807, 2.05) is 0 Å². The number of nitrogens with zero attached hydrogens (tertiary/aromatic N) is 1. The maximum Gasteiger partial charge on any atom is 0.422 e. The molecule has 5 nitrogen and oxygen atoms in total. The van der Waals surface area contributed by atoms with E-state index in [0.29, 0.717) is 0 Å². The molecule has 0 aliphatic carbocycles. The quantitative estimate of drug-likeness (QED) is 0.831. The summed E-state index contributed by atoms with van der Waals surface area (Å²) in [4.78, 5) is 15.4. The Labute approximate surface area is 113 Å². The monoisotopic (exact) mass is 292 g/mol. The highest BCUT2D eigenvalue weighted by Gasteiger charge is 2.29. The van der Waals surface area contributed by atoms with Gasteiger partial charge in [0.2, 0.25) is 5.88 Å². The first-order chi connectivity index (χ1) is 9.33. The average Bonchev–Trinajstić information content (AvgIpc) is 2.41. The van der Waals surface area contributed by atoms with Gasteiger partial charge < -0.3 is 15.2 Å². The second kappa shape index (κ2) is 7.09. The third-order valence-corrected chi connectivity index (χ3v) is 2.31. The highest BCUT2D eigenvalue weighted by molar-refractivity contribution is 5.96. The summed E-state index contributed by atoms with van der Waals surface area (Å²) >= 11 is 0. The molecular weight excluding hydrogens is 277 g/mol. The van der Waals surface area contributed by atoms with Crippen LogP contribution in [0.2, 0.25) is 0 Å². The van der Waals surface area contributed by atoms with Crippen molar-refractivity contribution in [3.63, 3.8) is 0 Å². The van der Waals surface area contributed by atoms with Crippen LogP contribution in [-0.2, 0) is 0 Å². The lowest BCUT2D eigenvalue weighted by Gasteiger charge is -2.13. The van der Waals surface area contributed by atoms with Gasteiger partial charge in [-0.2, -0.15) is 13.2 Å². The van der Waals surface area contributed by atoms with Crippen molar-refractivity contribution in [3.05, 3.63) is 23.9 Å². The van der Waals surface area contributed by atoms with E-state index in [9.17, 15) is 18.0 Å². The molecule has 1 unspecified atom stereocenters. The molecule has 0 saturated carbocycles. The Balaban J connectivity index is 2.71. The van der Waals surface area contributed by atoms with Gasteiger partial charge in [0.15, 0.2) is 6.61 Å². The number of ether oxygens (including phenoxy) is 1. The second-order valence-electron chi connectivity index (χ2n) is 4.26. The van der Waals surface area contributed by atoms with Crippen LogP contribution in [-0.4, -0.2) is 41.9 Å². The van der Waals surface area contributed by atoms with E-state index in [0.717, 1.165) is 0 Å². The first-order valence-electron chi connectivity index (χ1n) is 5.87. The van der Waals surface area contributed by atoms with E-state index >= 15 is 0 Å². The van der Waals surface area contributed by atoms with Crippen molar-refractivity contribution in [1.29, 1.82) is 0 Å². The van der Waals surface area contributed by atoms with Gasteiger partial charge in [0, 0.05) is 19.3 Å². The Hall–Kier alpha value is -1.83. The molecule has 0 bridgehead atoms. The number of carbonyl (C=O) groups is 1. The Bertz CT molecular complexity index is 452. The Morgan fingerprint density at radius 1 is 1.55 bits per heavy atom. The van der Waals surface area contributed by atoms with Crippen LogP contribution in [0.4, 0.5) is 13.2 Å². The number of pyridine rings is 1. The number of carbonyl (C=O) groups excluding carboxylic acids is 1. The summed E-state index contributed by atoms with van der Waals surface area (Å²) < 4.78 is 40.8. The Morgan fingerprint density at radius 2 is 2.25 bits per heavy atom. The van der Waals surface area contributed by atoms with Crippen LogP contribution in [0, 0.1) is 5.92 Å². The number of hydrogen-bond donors (Lipinski definition) is 2. The smallest absolute Gasteiger partial charge is 0.422 e. The molecule has 8 heteroatoms. The molecule has 1 atom stereocenters. The van der Waals surface area contributed by atoms with Gasteiger partial charge in [-0.1, -0.05) is 6.92 Å². The number of nitrogens with one attached hydrogen (secondary N) is 1. The van der Waals surface area contributed by atoms with E-state index in [1.54, 1.807) is 6.92 Å². The number of aromatic nitrogens is 1. The van der Waals surface area contributed by atoms with Gasteiger partial charge >= 0.3 is 6.18 Å². The number of aliphatic hydroxyl groups is 1. The van der Waals surface area contributed by atoms with Gasteiger partial charge in [-0.25, -0.2) is 4.98 Å². The maximum atomic E-state index is 12.1. The zero-order valence-corrected chi connectivity index (χ0v) is 10.8. The predicted molar refractivity (Wildman–Crippen MR) is 64.4 cm³/mol. The highest BCUT2D eigenvalue weighted by atomic mass is 19.4. The molecule has 20 heavy (non-hydrogen) atoms. The summed E-state index contributed by atoms with van der Waals surface area (Å²) in [7, 11) is 0. The van der Waals surface area contributed by atoms with Crippen molar-refractivity contribution in [1.82, 2.24) is 10.3 Å². The van der Waals surface area contributed by atoms with Gasteiger partial charge in [-0.3, -0.25) is 4.79 Å². The molecule has 0 aliphatic heterocycles. The lowest BCUT2D eigenvalue weighted by atomic mass is 10.2. The number of hydrogen-bond acceptors (Lipinski definition) is 4. The molecular formula is C12H15F3N2O3. The number of halogens is 3. The number of rotatable bonds is 6. The third-order valence-electron chi connectivity index (χ3n) is 2.31. The van der Waals surface area contributed by atoms with Gasteiger partial charge in [-0.05, 0) is 18.1 Å². The third kappa shape index (κ3) is 5.43. The molecule has 0 aromatic carbocycles. The van der Waals surface area contributed by atoms with Crippen molar-refractivity contribution >= 4 is 5.91 Å². The molecule has 112 valence electrons. The Kier molecular flexibility index (Phi) is 5.75. The molecule has 2 N–H and O–H groups in total. The van der Waals surface area contributed by atoms with E-state index in [4.69, 9.17) is 5.11 Å². The summed E-state index contributed by atoms with van der Waals surface area (Å²) in [5.41, 5.74) is -0.0816. The molecule has 1 heterocycles. The van der Waals surface area contributed by atoms with Gasteiger partial charge in [0.05, 0.1) is 0 Å². The van der Waals surface area contributed by atoms with E-state index in [-0.39, 0.29) is 30.5 Å². The summed E-state index contributed by atoms with van der Waals surface area (Å²) in [5, 5.41) is 11.3. The number of amides is 1. The van der Waals surface area contributed by atoms with Crippen LogP contribution in [0.15, 0.2) is 18.3 Å². The van der Waals surface area contributed by atoms with E-state index in [2.05, 4.69) is 15.0 Å². The lowest BCUT2D eigenvalue weighted by molar-refractivity contribution is -0.154. The molecule has 1 rings (SSSR count). The molecule has 0 saturated heterocycles. The lowest BCUT2D eigenvalue weighted by Crippen LogP contribution is -2.30. The van der Waals surface area contributed by atoms with Crippen LogP contribution >= 0.6 is 0 Å². The number of alkyl halides is 3. The predicted octanol–water partition coefficient (Wildman–Crippen LogP) is 1.38. The van der Waals surface area contributed by atoms with Crippen molar-refractivity contribution < 1.29 is 27.8 Å². The largest absolute Gasteiger partial charge is 0.467 e. The van der Waals surface area contributed by atoms with Crippen molar-refractivity contribution in [2.24, 2.45) is 5.92 Å². The zero-order chi connectivity index (χ0) is 15.2. The normalized spacial score (nSPS) is 12.8. The van der Waals surface area contributed by atoms with Crippen molar-refractivity contribution in [2.45, 2.75) is 13.1 Å². The van der Waals surface area contributed by atoms with E-state index in [1.165, 1.54) is 18.3 Å². The molecule has 0 fully saturated rings. The molecule has 1 amide bonds. The fourth-order valence-electron chi connectivity index (χ4n) is 1.26. The SMILES string of the molecule is CC(CO)CNC(=O)c1cccnc1OCC(F)(F)F. The van der Waals surface area contributed by atoms with Crippen LogP contribution in [0.3, 0.4) is 0 Å². The standard InChI is InChI=1S/C12H15F3N2O3/c1-8(6-18)5-17-10(19)9-3-2-4-16-11(9)20-7-12(13,14)15/h2-4,8,18H,5-7H2,1H3,(H,17,19). The fraction of sp³-hybridized carbons (Fsp3) is 0.500. The minimum atomic E-state index is -4.50. The minimum absolute atomic E-state index is 0.0816. The van der Waals surface area contributed by atoms with Gasteiger partial charge in [0.1, 0.15) is 5.56 Å². The van der Waals surface area contributed by atoms with Gasteiger partial charge in [-0.15, -0.1) is 0 Å². The topological polar surface area (TPSA) is 71.5 Å². The molecule has 1 aromatic heterocycles. The van der Waals surface area contributed by atoms with Crippen LogP contribution in [0.25, 0.3) is 0 Å². The first-order valence-corrected chi connectivity index (χ1v) is 5.87. The van der Waals surface area contributed by atoms with Crippen LogP contribution < -0.4 is 10.1 Å². The molecule has 0 radical (unpaired) electrons. The van der Waals surface area contributed by atoms with Crippen LogP contribution in [0.1, 0.15) is 17.3 Å². The summed E-state index contributed by atoms with van der Waals surface area (Å²) in [6.07, 6.45) is -3.27. The number of aliphatic hydroxyl groups excluding tert-OH is 1.